The number of nitro benzene ring substituents is 1. The minimum absolute atomic E-state index is 0.0355. The van der Waals surface area contributed by atoms with E-state index < -0.39 is 16.4 Å². The molecule has 0 saturated carbocycles. The highest BCUT2D eigenvalue weighted by Gasteiger charge is 2.18. The van der Waals surface area contributed by atoms with E-state index in [2.05, 4.69) is 5.32 Å². The molecule has 0 aliphatic carbocycles. The quantitative estimate of drug-likeness (QED) is 0.492. The van der Waals surface area contributed by atoms with Crippen molar-refractivity contribution in [3.05, 3.63) is 33.1 Å². The average molecular weight is 249 g/mol. The Morgan fingerprint density at radius 1 is 1.62 bits per heavy atom. The van der Waals surface area contributed by atoms with E-state index in [1.54, 1.807) is 7.05 Å². The molecule has 0 atom stereocenters. The van der Waals surface area contributed by atoms with Gasteiger partial charge in [0.15, 0.2) is 5.75 Å². The Kier molecular flexibility index (Phi) is 4.45. The molecule has 0 spiro atoms. The van der Waals surface area contributed by atoms with Gasteiger partial charge in [0, 0.05) is 12.6 Å². The van der Waals surface area contributed by atoms with Crippen LogP contribution < -0.4 is 10.1 Å². The zero-order valence-corrected chi connectivity index (χ0v) is 9.25. The van der Waals surface area contributed by atoms with Crippen LogP contribution in [0.4, 0.5) is 10.1 Å². The first-order chi connectivity index (χ1) is 7.56. The van der Waals surface area contributed by atoms with Gasteiger partial charge in [-0.15, -0.1) is 0 Å². The van der Waals surface area contributed by atoms with Gasteiger partial charge in [-0.25, -0.2) is 4.39 Å². The van der Waals surface area contributed by atoms with Gasteiger partial charge in [-0.05, 0) is 7.05 Å². The Hall–Kier alpha value is -1.40. The minimum atomic E-state index is -0.839. The Morgan fingerprint density at radius 3 is 2.88 bits per heavy atom. The number of nitrogens with zero attached hydrogens (tertiary/aromatic N) is 1. The largest absolute Gasteiger partial charge is 0.485 e. The Labute approximate surface area is 96.3 Å². The Morgan fingerprint density at radius 2 is 2.31 bits per heavy atom. The number of ether oxygens (including phenoxy) is 1. The first-order valence-corrected chi connectivity index (χ1v) is 4.85. The highest BCUT2D eigenvalue weighted by Crippen LogP contribution is 2.32. The van der Waals surface area contributed by atoms with Gasteiger partial charge in [-0.3, -0.25) is 10.1 Å². The summed E-state index contributed by atoms with van der Waals surface area (Å²) in [4.78, 5) is 9.90. The second-order valence-corrected chi connectivity index (χ2v) is 3.35. The fraction of sp³-hybridized carbons (Fsp3) is 0.333. The van der Waals surface area contributed by atoms with Crippen LogP contribution in [0, 0.1) is 15.9 Å². The van der Waals surface area contributed by atoms with E-state index in [-0.39, 0.29) is 17.4 Å². The minimum Gasteiger partial charge on any atom is -0.485 e. The third kappa shape index (κ3) is 3.04. The normalized spacial score (nSPS) is 10.2. The molecule has 16 heavy (non-hydrogen) atoms. The van der Waals surface area contributed by atoms with Crippen LogP contribution in [-0.4, -0.2) is 25.1 Å². The van der Waals surface area contributed by atoms with Crippen LogP contribution >= 0.6 is 11.6 Å². The van der Waals surface area contributed by atoms with E-state index in [0.717, 1.165) is 12.1 Å². The maximum absolute atomic E-state index is 13.0. The van der Waals surface area contributed by atoms with E-state index in [1.165, 1.54) is 0 Å². The fourth-order valence-electron chi connectivity index (χ4n) is 1.04. The van der Waals surface area contributed by atoms with Crippen LogP contribution in [0.3, 0.4) is 0 Å². The predicted octanol–water partition coefficient (Wildman–Crippen LogP) is 1.99. The van der Waals surface area contributed by atoms with Crippen molar-refractivity contribution in [2.45, 2.75) is 0 Å². The summed E-state index contributed by atoms with van der Waals surface area (Å²) in [5.41, 5.74) is -0.432. The molecule has 0 aliphatic rings. The summed E-state index contributed by atoms with van der Waals surface area (Å²) in [6.45, 7) is 0.755. The molecule has 0 bridgehead atoms. The van der Waals surface area contributed by atoms with Crippen molar-refractivity contribution in [2.75, 3.05) is 20.2 Å². The molecule has 0 aromatic heterocycles. The monoisotopic (exact) mass is 248 g/mol. The number of nitrogens with one attached hydrogen (secondary N) is 1. The molecule has 0 fully saturated rings. The van der Waals surface area contributed by atoms with Crippen LogP contribution in [0.15, 0.2) is 12.1 Å². The number of halogens is 2. The van der Waals surface area contributed by atoms with Crippen molar-refractivity contribution >= 4 is 17.3 Å². The number of nitro groups is 1. The fourth-order valence-corrected chi connectivity index (χ4v) is 1.19. The maximum Gasteiger partial charge on any atom is 0.313 e. The Bertz CT molecular complexity index is 401. The lowest BCUT2D eigenvalue weighted by Gasteiger charge is -2.07. The zero-order valence-electron chi connectivity index (χ0n) is 8.50. The lowest BCUT2D eigenvalue weighted by molar-refractivity contribution is -0.386. The topological polar surface area (TPSA) is 64.4 Å². The third-order valence-corrected chi connectivity index (χ3v) is 2.10. The molecule has 88 valence electrons. The number of likely N-dealkylation sites (N-methyl/N-ethyl adjacent to an activating group) is 1. The molecule has 0 heterocycles. The molecule has 0 saturated heterocycles. The van der Waals surface area contributed by atoms with Gasteiger partial charge in [-0.2, -0.15) is 0 Å². The van der Waals surface area contributed by atoms with Crippen molar-refractivity contribution in [3.8, 4) is 5.75 Å². The average Bonchev–Trinajstić information content (AvgIpc) is 2.23. The van der Waals surface area contributed by atoms with E-state index in [9.17, 15) is 14.5 Å². The third-order valence-electron chi connectivity index (χ3n) is 1.81. The molecule has 0 radical (unpaired) electrons. The number of hydrogen-bond donors (Lipinski definition) is 1. The molecule has 0 aliphatic heterocycles. The predicted molar refractivity (Wildman–Crippen MR) is 57.5 cm³/mol. The first kappa shape index (κ1) is 12.7. The molecule has 0 unspecified atom stereocenters. The van der Waals surface area contributed by atoms with Crippen LogP contribution in [0.25, 0.3) is 0 Å². The molecule has 1 aromatic carbocycles. The van der Waals surface area contributed by atoms with Crippen molar-refractivity contribution < 1.29 is 14.1 Å². The van der Waals surface area contributed by atoms with E-state index >= 15 is 0 Å². The molecule has 7 heteroatoms. The molecule has 1 aromatic rings. The Balaban J connectivity index is 2.95. The highest BCUT2D eigenvalue weighted by molar-refractivity contribution is 6.31. The van der Waals surface area contributed by atoms with Gasteiger partial charge in [0.25, 0.3) is 0 Å². The molecule has 1 rings (SSSR count). The molecule has 0 amide bonds. The zero-order chi connectivity index (χ0) is 12.1. The summed E-state index contributed by atoms with van der Waals surface area (Å²) in [7, 11) is 1.72. The van der Waals surface area contributed by atoms with Gasteiger partial charge >= 0.3 is 5.69 Å². The van der Waals surface area contributed by atoms with E-state index in [0.29, 0.717) is 6.54 Å². The van der Waals surface area contributed by atoms with E-state index in [4.69, 9.17) is 16.3 Å². The summed E-state index contributed by atoms with van der Waals surface area (Å²) in [6, 6.07) is 1.85. The second kappa shape index (κ2) is 5.62. The van der Waals surface area contributed by atoms with Crippen molar-refractivity contribution in [1.82, 2.24) is 5.32 Å². The van der Waals surface area contributed by atoms with Gasteiger partial charge in [0.1, 0.15) is 12.4 Å². The summed E-state index contributed by atoms with van der Waals surface area (Å²) in [6.07, 6.45) is 0. The van der Waals surface area contributed by atoms with Gasteiger partial charge in [0.05, 0.1) is 16.0 Å². The lowest BCUT2D eigenvalue weighted by Crippen LogP contribution is -2.16. The van der Waals surface area contributed by atoms with Gasteiger partial charge in [0.2, 0.25) is 0 Å². The maximum atomic E-state index is 13.0. The summed E-state index contributed by atoms with van der Waals surface area (Å²) in [5, 5.41) is 13.2. The van der Waals surface area contributed by atoms with Gasteiger partial charge in [-0.1, -0.05) is 11.6 Å². The molecular weight excluding hydrogens is 239 g/mol. The SMILES string of the molecule is CNCCOc1cc(Cl)c(F)cc1[N+](=O)[O-]. The highest BCUT2D eigenvalue weighted by atomic mass is 35.5. The summed E-state index contributed by atoms with van der Waals surface area (Å²) >= 11 is 5.51. The number of hydrogen-bond acceptors (Lipinski definition) is 4. The van der Waals surface area contributed by atoms with Gasteiger partial charge < -0.3 is 10.1 Å². The van der Waals surface area contributed by atoms with Crippen LogP contribution in [0.1, 0.15) is 0 Å². The smallest absolute Gasteiger partial charge is 0.313 e. The first-order valence-electron chi connectivity index (χ1n) is 4.47. The number of benzene rings is 1. The van der Waals surface area contributed by atoms with Crippen molar-refractivity contribution in [1.29, 1.82) is 0 Å². The molecule has 1 N–H and O–H groups in total. The number of rotatable bonds is 5. The molecular formula is C9H10ClFN2O3. The van der Waals surface area contributed by atoms with Crippen molar-refractivity contribution in [2.24, 2.45) is 0 Å². The van der Waals surface area contributed by atoms with Crippen molar-refractivity contribution in [3.63, 3.8) is 0 Å². The van der Waals surface area contributed by atoms with Crippen LogP contribution in [0.2, 0.25) is 5.02 Å². The van der Waals surface area contributed by atoms with E-state index in [1.807, 2.05) is 0 Å². The van der Waals surface area contributed by atoms with Crippen LogP contribution in [-0.2, 0) is 0 Å². The second-order valence-electron chi connectivity index (χ2n) is 2.94. The van der Waals surface area contributed by atoms with Crippen LogP contribution in [0.5, 0.6) is 5.75 Å². The summed E-state index contributed by atoms with van der Waals surface area (Å²) < 4.78 is 18.1. The lowest BCUT2D eigenvalue weighted by atomic mass is 10.3. The standard InChI is InChI=1S/C9H10ClFN2O3/c1-12-2-3-16-9-4-6(10)7(11)5-8(9)13(14)15/h4-5,12H,2-3H2,1H3. The molecule has 5 nitrogen and oxygen atoms in total. The summed E-state index contributed by atoms with van der Waals surface area (Å²) in [5.74, 6) is -0.874.